The number of nitrogens with zero attached hydrogens (tertiary/aromatic N) is 1. The van der Waals surface area contributed by atoms with Gasteiger partial charge in [0.15, 0.2) is 0 Å². The standard InChI is InChI=1S/C11H10ClN3O3/c12-7-1-3-8(4-2-7)14-11(18)15-9(16)5-13-6-10(15)17/h1-4,13H,5-6H2,(H,14,18). The van der Waals surface area contributed by atoms with E-state index >= 15 is 0 Å². The second-order valence-electron chi connectivity index (χ2n) is 3.66. The molecule has 6 nitrogen and oxygen atoms in total. The topological polar surface area (TPSA) is 78.5 Å². The Morgan fingerprint density at radius 3 is 2.28 bits per heavy atom. The molecule has 1 fully saturated rings. The molecule has 94 valence electrons. The molecule has 18 heavy (non-hydrogen) atoms. The Labute approximate surface area is 108 Å². The first kappa shape index (κ1) is 12.5. The molecule has 0 atom stereocenters. The third-order valence-corrected chi connectivity index (χ3v) is 2.60. The summed E-state index contributed by atoms with van der Waals surface area (Å²) in [5, 5.41) is 5.59. The van der Waals surface area contributed by atoms with E-state index in [1.807, 2.05) is 0 Å². The number of benzene rings is 1. The third-order valence-electron chi connectivity index (χ3n) is 2.35. The zero-order chi connectivity index (χ0) is 13.1. The maximum atomic E-state index is 11.8. The second-order valence-corrected chi connectivity index (χ2v) is 4.10. The fraction of sp³-hybridized carbons (Fsp3) is 0.182. The monoisotopic (exact) mass is 267 g/mol. The lowest BCUT2D eigenvalue weighted by Crippen LogP contribution is -2.55. The Morgan fingerprint density at radius 1 is 1.17 bits per heavy atom. The first-order valence-electron chi connectivity index (χ1n) is 5.21. The molecule has 2 rings (SSSR count). The zero-order valence-electron chi connectivity index (χ0n) is 9.27. The van der Waals surface area contributed by atoms with Gasteiger partial charge in [0.2, 0.25) is 0 Å². The van der Waals surface area contributed by atoms with Gasteiger partial charge in [-0.3, -0.25) is 14.9 Å². The molecule has 0 saturated carbocycles. The van der Waals surface area contributed by atoms with E-state index in [4.69, 9.17) is 11.6 Å². The van der Waals surface area contributed by atoms with Crippen LogP contribution >= 0.6 is 11.6 Å². The normalized spacial score (nSPS) is 15.7. The van der Waals surface area contributed by atoms with Crippen molar-refractivity contribution < 1.29 is 14.4 Å². The minimum atomic E-state index is -0.756. The summed E-state index contributed by atoms with van der Waals surface area (Å²) in [6.07, 6.45) is 0. The van der Waals surface area contributed by atoms with Crippen LogP contribution in [0, 0.1) is 0 Å². The van der Waals surface area contributed by atoms with Crippen molar-refractivity contribution in [2.45, 2.75) is 0 Å². The highest BCUT2D eigenvalue weighted by Crippen LogP contribution is 2.14. The van der Waals surface area contributed by atoms with Crippen molar-refractivity contribution in [2.24, 2.45) is 0 Å². The van der Waals surface area contributed by atoms with Gasteiger partial charge in [0, 0.05) is 10.7 Å². The summed E-state index contributed by atoms with van der Waals surface area (Å²) in [6, 6.07) is 5.60. The molecule has 0 spiro atoms. The number of imide groups is 3. The van der Waals surface area contributed by atoms with Crippen molar-refractivity contribution in [3.05, 3.63) is 29.3 Å². The molecule has 1 saturated heterocycles. The minimum Gasteiger partial charge on any atom is -0.307 e. The van der Waals surface area contributed by atoms with E-state index in [9.17, 15) is 14.4 Å². The molecule has 0 radical (unpaired) electrons. The van der Waals surface area contributed by atoms with E-state index in [0.29, 0.717) is 15.6 Å². The van der Waals surface area contributed by atoms with Crippen LogP contribution in [0.25, 0.3) is 0 Å². The summed E-state index contributed by atoms with van der Waals surface area (Å²) in [4.78, 5) is 35.3. The van der Waals surface area contributed by atoms with Crippen LogP contribution in [0.5, 0.6) is 0 Å². The molecular weight excluding hydrogens is 258 g/mol. The van der Waals surface area contributed by atoms with Gasteiger partial charge < -0.3 is 5.32 Å². The Balaban J connectivity index is 2.09. The lowest BCUT2D eigenvalue weighted by atomic mass is 10.3. The maximum absolute atomic E-state index is 11.8. The number of halogens is 1. The SMILES string of the molecule is O=C1CNCC(=O)N1C(=O)Nc1ccc(Cl)cc1. The Bertz CT molecular complexity index is 485. The van der Waals surface area contributed by atoms with Crippen molar-refractivity contribution in [3.8, 4) is 0 Å². The van der Waals surface area contributed by atoms with Crippen molar-refractivity contribution in [1.29, 1.82) is 0 Å². The maximum Gasteiger partial charge on any atom is 0.335 e. The molecule has 2 N–H and O–H groups in total. The van der Waals surface area contributed by atoms with Crippen molar-refractivity contribution in [2.75, 3.05) is 18.4 Å². The van der Waals surface area contributed by atoms with Gasteiger partial charge in [-0.05, 0) is 24.3 Å². The van der Waals surface area contributed by atoms with E-state index in [2.05, 4.69) is 10.6 Å². The van der Waals surface area contributed by atoms with Gasteiger partial charge in [-0.2, -0.15) is 4.90 Å². The van der Waals surface area contributed by atoms with Gasteiger partial charge in [-0.15, -0.1) is 0 Å². The molecule has 4 amide bonds. The number of carbonyl (C=O) groups excluding carboxylic acids is 3. The molecule has 1 aliphatic rings. The zero-order valence-corrected chi connectivity index (χ0v) is 10.0. The van der Waals surface area contributed by atoms with Crippen LogP contribution in [-0.4, -0.2) is 35.8 Å². The Morgan fingerprint density at radius 2 is 1.72 bits per heavy atom. The first-order chi connectivity index (χ1) is 8.58. The number of hydrogen-bond donors (Lipinski definition) is 2. The number of carbonyl (C=O) groups is 3. The largest absolute Gasteiger partial charge is 0.335 e. The summed E-state index contributed by atoms with van der Waals surface area (Å²) < 4.78 is 0. The quantitative estimate of drug-likeness (QED) is 0.739. The van der Waals surface area contributed by atoms with E-state index in [-0.39, 0.29) is 13.1 Å². The Hall–Kier alpha value is -1.92. The average Bonchev–Trinajstić information content (AvgIpc) is 2.32. The highest BCUT2D eigenvalue weighted by Gasteiger charge is 2.31. The van der Waals surface area contributed by atoms with E-state index in [1.54, 1.807) is 24.3 Å². The third kappa shape index (κ3) is 2.66. The minimum absolute atomic E-state index is 0.0280. The van der Waals surface area contributed by atoms with Gasteiger partial charge in [0.05, 0.1) is 13.1 Å². The van der Waals surface area contributed by atoms with Gasteiger partial charge in [0.1, 0.15) is 0 Å². The fourth-order valence-electron chi connectivity index (χ4n) is 1.51. The molecule has 0 aliphatic carbocycles. The molecule has 0 unspecified atom stereocenters. The second kappa shape index (κ2) is 5.16. The number of hydrogen-bond acceptors (Lipinski definition) is 4. The number of rotatable bonds is 1. The van der Waals surface area contributed by atoms with Crippen LogP contribution in [0.4, 0.5) is 10.5 Å². The van der Waals surface area contributed by atoms with Gasteiger partial charge in [0.25, 0.3) is 11.8 Å². The van der Waals surface area contributed by atoms with Crippen LogP contribution in [0.1, 0.15) is 0 Å². The molecule has 1 heterocycles. The molecule has 1 aromatic carbocycles. The van der Waals surface area contributed by atoms with E-state index in [1.165, 1.54) is 0 Å². The molecule has 7 heteroatoms. The number of amides is 4. The summed E-state index contributed by atoms with van der Waals surface area (Å²) in [5.41, 5.74) is 0.462. The summed E-state index contributed by atoms with van der Waals surface area (Å²) in [5.74, 6) is -1.14. The number of nitrogens with one attached hydrogen (secondary N) is 2. The highest BCUT2D eigenvalue weighted by atomic mass is 35.5. The van der Waals surface area contributed by atoms with Crippen LogP contribution in [0.2, 0.25) is 5.02 Å². The van der Waals surface area contributed by atoms with Crippen LogP contribution < -0.4 is 10.6 Å². The van der Waals surface area contributed by atoms with Crippen molar-refractivity contribution in [1.82, 2.24) is 10.2 Å². The summed E-state index contributed by atoms with van der Waals surface area (Å²) in [6.45, 7) is -0.0560. The Kier molecular flexibility index (Phi) is 3.59. The predicted molar refractivity (Wildman–Crippen MR) is 65.2 cm³/mol. The lowest BCUT2D eigenvalue weighted by Gasteiger charge is -2.23. The molecular formula is C11H10ClN3O3. The van der Waals surface area contributed by atoms with Gasteiger partial charge in [-0.25, -0.2) is 4.79 Å². The number of anilines is 1. The molecule has 0 aromatic heterocycles. The smallest absolute Gasteiger partial charge is 0.307 e. The van der Waals surface area contributed by atoms with Crippen LogP contribution in [-0.2, 0) is 9.59 Å². The fourth-order valence-corrected chi connectivity index (χ4v) is 1.64. The molecule has 1 aromatic rings. The van der Waals surface area contributed by atoms with E-state index < -0.39 is 17.8 Å². The average molecular weight is 268 g/mol. The lowest BCUT2D eigenvalue weighted by molar-refractivity contribution is -0.142. The van der Waals surface area contributed by atoms with Gasteiger partial charge in [-0.1, -0.05) is 11.6 Å². The summed E-state index contributed by atoms with van der Waals surface area (Å²) >= 11 is 5.70. The van der Waals surface area contributed by atoms with Crippen molar-refractivity contribution in [3.63, 3.8) is 0 Å². The highest BCUT2D eigenvalue weighted by molar-refractivity contribution is 6.30. The van der Waals surface area contributed by atoms with Gasteiger partial charge >= 0.3 is 6.03 Å². The van der Waals surface area contributed by atoms with Crippen molar-refractivity contribution >= 4 is 35.1 Å². The molecule has 1 aliphatic heterocycles. The number of urea groups is 1. The molecule has 0 bridgehead atoms. The van der Waals surface area contributed by atoms with Crippen LogP contribution in [0.15, 0.2) is 24.3 Å². The predicted octanol–water partition coefficient (Wildman–Crippen LogP) is 0.830. The van der Waals surface area contributed by atoms with E-state index in [0.717, 1.165) is 0 Å². The van der Waals surface area contributed by atoms with Crippen LogP contribution in [0.3, 0.4) is 0 Å². The number of piperazine rings is 1. The first-order valence-corrected chi connectivity index (χ1v) is 5.59. The summed E-state index contributed by atoms with van der Waals surface area (Å²) in [7, 11) is 0.